The van der Waals surface area contributed by atoms with Crippen LogP contribution < -0.4 is 21.7 Å². The molecule has 3 aromatic heterocycles. The smallest absolute Gasteiger partial charge is 0.276 e. The molecular weight excluding hydrogens is 442 g/mol. The average Bonchev–Trinajstić information content (AvgIpc) is 3.31. The number of rotatable bonds is 6. The topological polar surface area (TPSA) is 146 Å². The lowest BCUT2D eigenvalue weighted by Crippen LogP contribution is -2.33. The van der Waals surface area contributed by atoms with Crippen LogP contribution in [0.15, 0.2) is 61.1 Å². The second-order valence-corrected chi connectivity index (χ2v) is 8.59. The van der Waals surface area contributed by atoms with Crippen LogP contribution >= 0.6 is 0 Å². The van der Waals surface area contributed by atoms with Gasteiger partial charge in [0.2, 0.25) is 0 Å². The van der Waals surface area contributed by atoms with E-state index in [-0.39, 0.29) is 18.0 Å². The van der Waals surface area contributed by atoms with Crippen molar-refractivity contribution >= 4 is 34.4 Å². The number of nitrogens with zero attached hydrogens (tertiary/aromatic N) is 5. The van der Waals surface area contributed by atoms with Crippen LogP contribution in [0.1, 0.15) is 41.7 Å². The molecule has 35 heavy (non-hydrogen) atoms. The van der Waals surface area contributed by atoms with Gasteiger partial charge in [0.15, 0.2) is 11.3 Å². The molecule has 5 rings (SSSR count). The van der Waals surface area contributed by atoms with Gasteiger partial charge in [0.1, 0.15) is 5.82 Å². The molecule has 0 bridgehead atoms. The molecule has 10 nitrogen and oxygen atoms in total. The van der Waals surface area contributed by atoms with Crippen molar-refractivity contribution < 1.29 is 4.79 Å². The maximum absolute atomic E-state index is 13.1. The number of imidazole rings is 1. The highest BCUT2D eigenvalue weighted by atomic mass is 16.2. The maximum Gasteiger partial charge on any atom is 0.276 e. The molecule has 4 aromatic rings. The quantitative estimate of drug-likeness (QED) is 0.336. The summed E-state index contributed by atoms with van der Waals surface area (Å²) in [6, 6.07) is 15.1. The molecule has 10 heteroatoms. The zero-order valence-electron chi connectivity index (χ0n) is 19.0. The number of benzene rings is 1. The minimum Gasteiger partial charge on any atom is -0.366 e. The molecule has 0 aliphatic heterocycles. The lowest BCUT2D eigenvalue weighted by molar-refractivity contribution is 0.102. The van der Waals surface area contributed by atoms with E-state index in [1.807, 2.05) is 18.2 Å². The van der Waals surface area contributed by atoms with Gasteiger partial charge in [-0.1, -0.05) is 6.07 Å². The molecule has 1 aromatic carbocycles. The van der Waals surface area contributed by atoms with Gasteiger partial charge < -0.3 is 21.7 Å². The summed E-state index contributed by atoms with van der Waals surface area (Å²) in [7, 11) is 0. The monoisotopic (exact) mass is 467 g/mol. The first-order chi connectivity index (χ1) is 17.1. The highest BCUT2D eigenvalue weighted by Crippen LogP contribution is 2.27. The summed E-state index contributed by atoms with van der Waals surface area (Å²) in [5.74, 6) is 0.280. The molecule has 0 radical (unpaired) electrons. The van der Waals surface area contributed by atoms with Gasteiger partial charge >= 0.3 is 0 Å². The van der Waals surface area contributed by atoms with Crippen molar-refractivity contribution in [1.29, 1.82) is 5.26 Å². The van der Waals surface area contributed by atoms with E-state index in [9.17, 15) is 10.1 Å². The molecule has 176 valence electrons. The molecule has 0 unspecified atom stereocenters. The second-order valence-electron chi connectivity index (χ2n) is 8.59. The molecule has 1 fully saturated rings. The standard InChI is InChI=1S/C25H25N9O/c26-14-16-2-1-3-20(12-16)30-21-13-23(31-18-6-4-17(27)5-7-18)33-34-22(15-29-24(21)34)25(35)32-19-8-10-28-11-9-19/h1-3,8-13,15,17-18,30H,4-7,27H2,(H,31,33)(H,28,32,35). The van der Waals surface area contributed by atoms with Crippen molar-refractivity contribution in [2.24, 2.45) is 5.73 Å². The Bertz CT molecular complexity index is 1390. The van der Waals surface area contributed by atoms with Crippen LogP contribution in [-0.4, -0.2) is 37.6 Å². The first kappa shape index (κ1) is 22.3. The van der Waals surface area contributed by atoms with Crippen LogP contribution in [0.3, 0.4) is 0 Å². The van der Waals surface area contributed by atoms with Crippen molar-refractivity contribution in [2.75, 3.05) is 16.0 Å². The van der Waals surface area contributed by atoms with Crippen LogP contribution in [0.25, 0.3) is 5.65 Å². The molecule has 0 spiro atoms. The molecule has 1 saturated carbocycles. The van der Waals surface area contributed by atoms with Gasteiger partial charge in [0.05, 0.1) is 23.5 Å². The fraction of sp³-hybridized carbons (Fsp3) is 0.240. The Balaban J connectivity index is 1.51. The largest absolute Gasteiger partial charge is 0.366 e. The summed E-state index contributed by atoms with van der Waals surface area (Å²) >= 11 is 0. The van der Waals surface area contributed by atoms with Crippen molar-refractivity contribution in [3.63, 3.8) is 0 Å². The van der Waals surface area contributed by atoms with Gasteiger partial charge in [0.25, 0.3) is 5.91 Å². The normalized spacial score (nSPS) is 17.5. The summed E-state index contributed by atoms with van der Waals surface area (Å²) < 4.78 is 1.53. The van der Waals surface area contributed by atoms with Crippen molar-refractivity contribution in [3.05, 3.63) is 72.3 Å². The first-order valence-corrected chi connectivity index (χ1v) is 11.5. The Morgan fingerprint density at radius 2 is 1.89 bits per heavy atom. The lowest BCUT2D eigenvalue weighted by Gasteiger charge is -2.27. The average molecular weight is 468 g/mol. The number of nitrogens with one attached hydrogen (secondary N) is 3. The molecule has 0 atom stereocenters. The fourth-order valence-electron chi connectivity index (χ4n) is 4.21. The van der Waals surface area contributed by atoms with Gasteiger partial charge in [-0.25, -0.2) is 9.50 Å². The number of nitrogens with two attached hydrogens (primary N) is 1. The van der Waals surface area contributed by atoms with E-state index < -0.39 is 0 Å². The Labute approximate surface area is 202 Å². The third kappa shape index (κ3) is 5.05. The third-order valence-electron chi connectivity index (χ3n) is 6.03. The van der Waals surface area contributed by atoms with E-state index in [4.69, 9.17) is 10.8 Å². The van der Waals surface area contributed by atoms with E-state index in [2.05, 4.69) is 32.0 Å². The van der Waals surface area contributed by atoms with Crippen molar-refractivity contribution in [1.82, 2.24) is 19.6 Å². The summed E-state index contributed by atoms with van der Waals surface area (Å²) in [4.78, 5) is 21.5. The van der Waals surface area contributed by atoms with E-state index in [1.165, 1.54) is 10.7 Å². The van der Waals surface area contributed by atoms with Crippen molar-refractivity contribution in [2.45, 2.75) is 37.8 Å². The number of carbonyl (C=O) groups is 1. The van der Waals surface area contributed by atoms with Gasteiger partial charge in [0, 0.05) is 41.9 Å². The number of pyridine rings is 1. The number of anilines is 4. The van der Waals surface area contributed by atoms with Crippen LogP contribution in [0.5, 0.6) is 0 Å². The van der Waals surface area contributed by atoms with Gasteiger partial charge in [-0.05, 0) is 56.0 Å². The Hall–Kier alpha value is -4.49. The first-order valence-electron chi connectivity index (χ1n) is 11.5. The van der Waals surface area contributed by atoms with E-state index in [1.54, 1.807) is 36.7 Å². The highest BCUT2D eigenvalue weighted by Gasteiger charge is 2.21. The molecule has 1 aliphatic carbocycles. The number of nitriles is 1. The number of amides is 1. The Morgan fingerprint density at radius 3 is 2.66 bits per heavy atom. The third-order valence-corrected chi connectivity index (χ3v) is 6.03. The predicted molar refractivity (Wildman–Crippen MR) is 133 cm³/mol. The molecule has 3 heterocycles. The SMILES string of the molecule is N#Cc1cccc(Nc2cc(NC3CCC(N)CC3)nn3c(C(=O)Nc4ccncc4)cnc23)c1. The number of fused-ring (bicyclic) bond motifs is 1. The summed E-state index contributed by atoms with van der Waals surface area (Å²) in [5.41, 5.74) is 9.40. The minimum absolute atomic E-state index is 0.241. The van der Waals surface area contributed by atoms with Gasteiger partial charge in [-0.2, -0.15) is 5.26 Å². The number of aromatic nitrogens is 4. The van der Waals surface area contributed by atoms with E-state index >= 15 is 0 Å². The highest BCUT2D eigenvalue weighted by molar-refractivity contribution is 6.03. The van der Waals surface area contributed by atoms with E-state index in [0.29, 0.717) is 34.1 Å². The van der Waals surface area contributed by atoms with E-state index in [0.717, 1.165) is 31.4 Å². The van der Waals surface area contributed by atoms with Crippen LogP contribution in [-0.2, 0) is 0 Å². The summed E-state index contributed by atoms with van der Waals surface area (Å²) in [6.07, 6.45) is 8.53. The lowest BCUT2D eigenvalue weighted by atomic mass is 9.92. The number of carbonyl (C=O) groups excluding carboxylic acids is 1. The molecule has 0 saturated heterocycles. The van der Waals surface area contributed by atoms with Crippen molar-refractivity contribution in [3.8, 4) is 6.07 Å². The molecule has 1 aliphatic rings. The summed E-state index contributed by atoms with van der Waals surface area (Å²) in [6.45, 7) is 0. The molecule has 1 amide bonds. The van der Waals surface area contributed by atoms with Crippen LogP contribution in [0, 0.1) is 11.3 Å². The van der Waals surface area contributed by atoms with Gasteiger partial charge in [-0.15, -0.1) is 5.10 Å². The number of hydrogen-bond acceptors (Lipinski definition) is 8. The minimum atomic E-state index is -0.339. The number of hydrogen-bond donors (Lipinski definition) is 4. The second kappa shape index (κ2) is 9.79. The molecular formula is C25H25N9O. The predicted octanol–water partition coefficient (Wildman–Crippen LogP) is 3.67. The zero-order valence-corrected chi connectivity index (χ0v) is 19.0. The maximum atomic E-state index is 13.1. The fourth-order valence-corrected chi connectivity index (χ4v) is 4.21. The van der Waals surface area contributed by atoms with Crippen LogP contribution in [0.2, 0.25) is 0 Å². The zero-order chi connectivity index (χ0) is 24.2. The van der Waals surface area contributed by atoms with Gasteiger partial charge in [-0.3, -0.25) is 9.78 Å². The Kier molecular flexibility index (Phi) is 6.24. The molecule has 5 N–H and O–H groups in total. The summed E-state index contributed by atoms with van der Waals surface area (Å²) in [5, 5.41) is 23.6. The van der Waals surface area contributed by atoms with Crippen LogP contribution in [0.4, 0.5) is 22.9 Å². The Morgan fingerprint density at radius 1 is 1.09 bits per heavy atom.